The molecule has 1 aliphatic heterocycles. The summed E-state index contributed by atoms with van der Waals surface area (Å²) in [5.74, 6) is -0.117. The molecule has 2 rings (SSSR count). The summed E-state index contributed by atoms with van der Waals surface area (Å²) in [5.41, 5.74) is 2.31. The van der Waals surface area contributed by atoms with Crippen molar-refractivity contribution in [2.24, 2.45) is 0 Å². The molecule has 0 spiro atoms. The molecule has 2 amide bonds. The van der Waals surface area contributed by atoms with E-state index < -0.39 is 0 Å². The molecule has 6 nitrogen and oxygen atoms in total. The summed E-state index contributed by atoms with van der Waals surface area (Å²) in [6, 6.07) is 0. The minimum atomic E-state index is -0.101. The largest absolute Gasteiger partial charge is 0.352 e. The predicted octanol–water partition coefficient (Wildman–Crippen LogP) is 0.984. The lowest BCUT2D eigenvalue weighted by molar-refractivity contribution is -0.131. The fourth-order valence-electron chi connectivity index (χ4n) is 2.41. The highest BCUT2D eigenvalue weighted by atomic mass is 16.2. The molecule has 6 heteroatoms. The maximum Gasteiger partial charge on any atom is 0.254 e. The number of aromatic nitrogens is 2. The molecular formula is C15H22N4O2. The number of likely N-dealkylation sites (N-methyl/N-ethyl adjacent to an activating group) is 1. The monoisotopic (exact) mass is 290 g/mol. The summed E-state index contributed by atoms with van der Waals surface area (Å²) in [7, 11) is 0. The number of nitrogens with one attached hydrogen (secondary N) is 1. The van der Waals surface area contributed by atoms with Crippen LogP contribution >= 0.6 is 0 Å². The summed E-state index contributed by atoms with van der Waals surface area (Å²) < 4.78 is 1.57. The number of carbonyl (C=O) groups excluding carboxylic acids is 2. The second kappa shape index (κ2) is 6.56. The number of aryl methyl sites for hydroxylation is 1. The average molecular weight is 290 g/mol. The van der Waals surface area contributed by atoms with Gasteiger partial charge in [0.1, 0.15) is 6.54 Å². The van der Waals surface area contributed by atoms with Crippen LogP contribution in [0.1, 0.15) is 36.3 Å². The van der Waals surface area contributed by atoms with Gasteiger partial charge in [-0.25, -0.2) is 0 Å². The van der Waals surface area contributed by atoms with E-state index in [0.29, 0.717) is 25.2 Å². The Kier molecular flexibility index (Phi) is 4.77. The van der Waals surface area contributed by atoms with Crippen LogP contribution in [0.4, 0.5) is 0 Å². The van der Waals surface area contributed by atoms with Gasteiger partial charge in [-0.15, -0.1) is 0 Å². The SMILES string of the molecule is C=C(C)CN(CC)C(=O)Cn1cc2c(n1)CCCNC2=O. The molecular weight excluding hydrogens is 268 g/mol. The molecule has 0 unspecified atom stereocenters. The highest BCUT2D eigenvalue weighted by molar-refractivity contribution is 5.95. The molecule has 1 aromatic heterocycles. The molecule has 21 heavy (non-hydrogen) atoms. The van der Waals surface area contributed by atoms with Crippen molar-refractivity contribution in [3.63, 3.8) is 0 Å². The van der Waals surface area contributed by atoms with Crippen LogP contribution in [0, 0.1) is 0 Å². The van der Waals surface area contributed by atoms with Crippen LogP contribution in [-0.2, 0) is 17.8 Å². The third-order valence-electron chi connectivity index (χ3n) is 3.45. The van der Waals surface area contributed by atoms with E-state index >= 15 is 0 Å². The van der Waals surface area contributed by atoms with Crippen molar-refractivity contribution in [3.05, 3.63) is 29.6 Å². The summed E-state index contributed by atoms with van der Waals surface area (Å²) >= 11 is 0. The predicted molar refractivity (Wildman–Crippen MR) is 79.9 cm³/mol. The number of fused-ring (bicyclic) bond motifs is 1. The van der Waals surface area contributed by atoms with Crippen LogP contribution in [0.15, 0.2) is 18.3 Å². The van der Waals surface area contributed by atoms with E-state index in [4.69, 9.17) is 0 Å². The number of amides is 2. The molecule has 0 atom stereocenters. The van der Waals surface area contributed by atoms with Gasteiger partial charge in [0.25, 0.3) is 5.91 Å². The Labute approximate surface area is 124 Å². The van der Waals surface area contributed by atoms with E-state index in [1.807, 2.05) is 13.8 Å². The first-order valence-corrected chi connectivity index (χ1v) is 7.28. The Morgan fingerprint density at radius 2 is 2.33 bits per heavy atom. The average Bonchev–Trinajstić information content (AvgIpc) is 2.75. The van der Waals surface area contributed by atoms with E-state index in [1.165, 1.54) is 0 Å². The van der Waals surface area contributed by atoms with Crippen molar-refractivity contribution >= 4 is 11.8 Å². The highest BCUT2D eigenvalue weighted by Crippen LogP contribution is 2.12. The topological polar surface area (TPSA) is 67.2 Å². The van der Waals surface area contributed by atoms with E-state index in [0.717, 1.165) is 24.1 Å². The standard InChI is InChI=1S/C15H22N4O2/c1-4-18(8-11(2)3)14(20)10-19-9-12-13(17-19)6-5-7-16-15(12)21/h9H,2,4-8,10H2,1,3H3,(H,16,21). The molecule has 0 fully saturated rings. The fraction of sp³-hybridized carbons (Fsp3) is 0.533. The molecule has 0 saturated carbocycles. The number of carbonyl (C=O) groups is 2. The molecule has 2 heterocycles. The first-order valence-electron chi connectivity index (χ1n) is 7.28. The van der Waals surface area contributed by atoms with E-state index in [2.05, 4.69) is 17.0 Å². The lowest BCUT2D eigenvalue weighted by Gasteiger charge is -2.20. The van der Waals surface area contributed by atoms with Gasteiger partial charge in [0, 0.05) is 25.8 Å². The Balaban J connectivity index is 2.09. The van der Waals surface area contributed by atoms with Gasteiger partial charge in [-0.2, -0.15) is 5.10 Å². The first-order chi connectivity index (χ1) is 10.0. The molecule has 0 bridgehead atoms. The minimum Gasteiger partial charge on any atom is -0.352 e. The molecule has 0 aliphatic carbocycles. The van der Waals surface area contributed by atoms with Crippen molar-refractivity contribution < 1.29 is 9.59 Å². The normalized spacial score (nSPS) is 14.1. The van der Waals surface area contributed by atoms with Crippen LogP contribution in [0.25, 0.3) is 0 Å². The maximum absolute atomic E-state index is 12.3. The second-order valence-corrected chi connectivity index (χ2v) is 5.41. The van der Waals surface area contributed by atoms with Gasteiger partial charge < -0.3 is 10.2 Å². The van der Waals surface area contributed by atoms with E-state index in [-0.39, 0.29) is 18.4 Å². The van der Waals surface area contributed by atoms with Gasteiger partial charge in [0.05, 0.1) is 11.3 Å². The van der Waals surface area contributed by atoms with Crippen LogP contribution in [0.5, 0.6) is 0 Å². The molecule has 1 aliphatic rings. The first kappa shape index (κ1) is 15.3. The summed E-state index contributed by atoms with van der Waals surface area (Å²) in [6.45, 7) is 9.69. The number of hydrogen-bond donors (Lipinski definition) is 1. The molecule has 0 saturated heterocycles. The van der Waals surface area contributed by atoms with Gasteiger partial charge in [-0.3, -0.25) is 14.3 Å². The van der Waals surface area contributed by atoms with Gasteiger partial charge in [0.15, 0.2) is 0 Å². The third-order valence-corrected chi connectivity index (χ3v) is 3.45. The Morgan fingerprint density at radius 3 is 3.00 bits per heavy atom. The zero-order chi connectivity index (χ0) is 15.4. The van der Waals surface area contributed by atoms with Crippen LogP contribution < -0.4 is 5.32 Å². The lowest BCUT2D eigenvalue weighted by atomic mass is 10.2. The zero-order valence-corrected chi connectivity index (χ0v) is 12.7. The Morgan fingerprint density at radius 1 is 1.57 bits per heavy atom. The van der Waals surface area contributed by atoms with Gasteiger partial charge in [-0.05, 0) is 26.7 Å². The minimum absolute atomic E-state index is 0.0152. The summed E-state index contributed by atoms with van der Waals surface area (Å²) in [6.07, 6.45) is 3.31. The fourth-order valence-corrected chi connectivity index (χ4v) is 2.41. The molecule has 1 aromatic rings. The molecule has 114 valence electrons. The number of nitrogens with zero attached hydrogens (tertiary/aromatic N) is 3. The molecule has 0 radical (unpaired) electrons. The van der Waals surface area contributed by atoms with Crippen molar-refractivity contribution in [1.29, 1.82) is 0 Å². The Hall–Kier alpha value is -2.11. The van der Waals surface area contributed by atoms with Crippen LogP contribution in [0.2, 0.25) is 0 Å². The van der Waals surface area contributed by atoms with Crippen molar-refractivity contribution in [2.75, 3.05) is 19.6 Å². The van der Waals surface area contributed by atoms with Gasteiger partial charge in [-0.1, -0.05) is 12.2 Å². The second-order valence-electron chi connectivity index (χ2n) is 5.41. The van der Waals surface area contributed by atoms with Crippen molar-refractivity contribution in [3.8, 4) is 0 Å². The highest BCUT2D eigenvalue weighted by Gasteiger charge is 2.20. The smallest absolute Gasteiger partial charge is 0.254 e. The van der Waals surface area contributed by atoms with Gasteiger partial charge in [0.2, 0.25) is 5.91 Å². The maximum atomic E-state index is 12.3. The molecule has 0 aromatic carbocycles. The quantitative estimate of drug-likeness (QED) is 0.822. The third kappa shape index (κ3) is 3.71. The van der Waals surface area contributed by atoms with Crippen molar-refractivity contribution in [1.82, 2.24) is 20.0 Å². The van der Waals surface area contributed by atoms with E-state index in [9.17, 15) is 9.59 Å². The summed E-state index contributed by atoms with van der Waals surface area (Å²) in [5, 5.41) is 7.21. The van der Waals surface area contributed by atoms with Gasteiger partial charge >= 0.3 is 0 Å². The van der Waals surface area contributed by atoms with Crippen LogP contribution in [0.3, 0.4) is 0 Å². The number of hydrogen-bond acceptors (Lipinski definition) is 3. The number of rotatable bonds is 5. The molecule has 1 N–H and O–H groups in total. The van der Waals surface area contributed by atoms with Crippen LogP contribution in [-0.4, -0.2) is 46.1 Å². The van der Waals surface area contributed by atoms with E-state index in [1.54, 1.807) is 15.8 Å². The lowest BCUT2D eigenvalue weighted by Crippen LogP contribution is -2.35. The Bertz CT molecular complexity index is 562. The van der Waals surface area contributed by atoms with Crippen molar-refractivity contribution in [2.45, 2.75) is 33.2 Å². The zero-order valence-electron chi connectivity index (χ0n) is 12.7. The summed E-state index contributed by atoms with van der Waals surface area (Å²) in [4.78, 5) is 25.9.